The Labute approximate surface area is 138 Å². The molecule has 0 aromatic heterocycles. The zero-order chi connectivity index (χ0) is 17.5. The molecule has 7 nitrogen and oxygen atoms in total. The Bertz CT molecular complexity index is 539. The third-order valence-electron chi connectivity index (χ3n) is 3.80. The average Bonchev–Trinajstić information content (AvgIpc) is 2.54. The number of hydrogen-bond donors (Lipinski definition) is 1. The molecule has 24 heavy (non-hydrogen) atoms. The summed E-state index contributed by atoms with van der Waals surface area (Å²) in [6.45, 7) is 2.48. The number of β-amino-alcohol motifs (C(OH)–C–C–N with tert-alkyl or cyclic N) is 1. The van der Waals surface area contributed by atoms with Gasteiger partial charge >= 0.3 is 0 Å². The zero-order valence-electron chi connectivity index (χ0n) is 13.2. The van der Waals surface area contributed by atoms with Crippen LogP contribution in [0.25, 0.3) is 0 Å². The number of rotatable bonds is 8. The van der Waals surface area contributed by atoms with Crippen LogP contribution in [0.15, 0.2) is 24.3 Å². The molecule has 0 bridgehead atoms. The number of aliphatic hydroxyl groups excluding tert-OH is 1. The maximum Gasteiger partial charge on any atom is 0.273 e. The predicted molar refractivity (Wildman–Crippen MR) is 83.5 cm³/mol. The molecule has 1 saturated heterocycles. The number of nitrogens with zero attached hydrogens (tertiary/aromatic N) is 3. The lowest BCUT2D eigenvalue weighted by molar-refractivity contribution is -0.384. The molecule has 1 aromatic rings. The van der Waals surface area contributed by atoms with Crippen molar-refractivity contribution in [2.75, 3.05) is 45.9 Å². The van der Waals surface area contributed by atoms with Crippen molar-refractivity contribution in [2.45, 2.75) is 12.5 Å². The zero-order valence-corrected chi connectivity index (χ0v) is 13.2. The van der Waals surface area contributed by atoms with E-state index in [1.54, 1.807) is 11.0 Å². The lowest BCUT2D eigenvalue weighted by Crippen LogP contribution is -2.50. The second-order valence-corrected chi connectivity index (χ2v) is 5.71. The van der Waals surface area contributed by atoms with Crippen LogP contribution in [0.5, 0.6) is 5.75 Å². The molecule has 2 rings (SSSR count). The molecule has 0 amide bonds. The van der Waals surface area contributed by atoms with Crippen LogP contribution in [0.2, 0.25) is 0 Å². The standard InChI is InChI=1S/C15H21F2N3O4/c16-15(17)10-19-6-4-18(5-7-19)9-13(21)11-24-14-3-1-2-12(8-14)20(22)23/h1-3,8,13,15,21H,4-7,9-11H2. The molecule has 0 saturated carbocycles. The predicted octanol–water partition coefficient (Wildman–Crippen LogP) is 1.22. The van der Waals surface area contributed by atoms with Crippen LogP contribution in [0.1, 0.15) is 0 Å². The number of benzene rings is 1. The van der Waals surface area contributed by atoms with Crippen molar-refractivity contribution >= 4 is 5.69 Å². The van der Waals surface area contributed by atoms with Gasteiger partial charge in [-0.25, -0.2) is 8.78 Å². The minimum Gasteiger partial charge on any atom is -0.491 e. The Balaban J connectivity index is 1.71. The summed E-state index contributed by atoms with van der Waals surface area (Å²) in [4.78, 5) is 13.9. The van der Waals surface area contributed by atoms with Crippen molar-refractivity contribution in [2.24, 2.45) is 0 Å². The normalized spacial score (nSPS) is 17.8. The minimum absolute atomic E-state index is 0.0123. The first-order valence-electron chi connectivity index (χ1n) is 7.72. The molecule has 1 N–H and O–H groups in total. The van der Waals surface area contributed by atoms with Gasteiger partial charge in [0.15, 0.2) is 0 Å². The molecular formula is C15H21F2N3O4. The molecular weight excluding hydrogens is 324 g/mol. The number of ether oxygens (including phenoxy) is 1. The second kappa shape index (κ2) is 8.86. The van der Waals surface area contributed by atoms with Crippen LogP contribution >= 0.6 is 0 Å². The first kappa shape index (κ1) is 18.5. The van der Waals surface area contributed by atoms with E-state index in [-0.39, 0.29) is 18.8 Å². The van der Waals surface area contributed by atoms with Crippen LogP contribution < -0.4 is 4.74 Å². The van der Waals surface area contributed by atoms with Crippen molar-refractivity contribution in [3.05, 3.63) is 34.4 Å². The first-order valence-corrected chi connectivity index (χ1v) is 7.72. The van der Waals surface area contributed by atoms with E-state index in [0.29, 0.717) is 38.5 Å². The quantitative estimate of drug-likeness (QED) is 0.564. The number of nitro groups is 1. The summed E-state index contributed by atoms with van der Waals surface area (Å²) in [5, 5.41) is 20.7. The molecule has 1 unspecified atom stereocenters. The third kappa shape index (κ3) is 5.99. The Kier molecular flexibility index (Phi) is 6.83. The fourth-order valence-electron chi connectivity index (χ4n) is 2.58. The molecule has 1 aromatic carbocycles. The molecule has 1 atom stereocenters. The maximum absolute atomic E-state index is 12.3. The van der Waals surface area contributed by atoms with Gasteiger partial charge in [0.1, 0.15) is 18.5 Å². The molecule has 0 radical (unpaired) electrons. The largest absolute Gasteiger partial charge is 0.491 e. The van der Waals surface area contributed by atoms with Gasteiger partial charge in [-0.2, -0.15) is 0 Å². The van der Waals surface area contributed by atoms with Crippen LogP contribution in [0.4, 0.5) is 14.5 Å². The van der Waals surface area contributed by atoms with E-state index >= 15 is 0 Å². The van der Waals surface area contributed by atoms with Gasteiger partial charge in [0.2, 0.25) is 0 Å². The molecule has 0 aliphatic carbocycles. The fraction of sp³-hybridized carbons (Fsp3) is 0.600. The number of alkyl halides is 2. The van der Waals surface area contributed by atoms with Crippen LogP contribution in [-0.4, -0.2) is 78.2 Å². The number of halogens is 2. The Morgan fingerprint density at radius 2 is 1.83 bits per heavy atom. The number of nitro benzene ring substituents is 1. The summed E-state index contributed by atoms with van der Waals surface area (Å²) in [5.41, 5.74) is -0.0721. The fourth-order valence-corrected chi connectivity index (χ4v) is 2.58. The van der Waals surface area contributed by atoms with E-state index in [0.717, 1.165) is 0 Å². The highest BCUT2D eigenvalue weighted by atomic mass is 19.3. The van der Waals surface area contributed by atoms with Gasteiger partial charge in [-0.15, -0.1) is 0 Å². The molecule has 134 valence electrons. The number of non-ortho nitro benzene ring substituents is 1. The lowest BCUT2D eigenvalue weighted by atomic mass is 10.2. The Hall–Kier alpha value is -1.84. The van der Waals surface area contributed by atoms with Gasteiger partial charge in [-0.1, -0.05) is 6.07 Å². The van der Waals surface area contributed by atoms with Crippen molar-refractivity contribution in [1.82, 2.24) is 9.80 Å². The first-order chi connectivity index (χ1) is 11.4. The Morgan fingerprint density at radius 1 is 1.21 bits per heavy atom. The topological polar surface area (TPSA) is 79.1 Å². The molecule has 1 fully saturated rings. The van der Waals surface area contributed by atoms with E-state index in [4.69, 9.17) is 4.74 Å². The van der Waals surface area contributed by atoms with Crippen molar-refractivity contribution in [1.29, 1.82) is 0 Å². The van der Waals surface area contributed by atoms with Gasteiger partial charge in [-0.3, -0.25) is 19.9 Å². The molecule has 1 heterocycles. The van der Waals surface area contributed by atoms with Crippen molar-refractivity contribution in [3.8, 4) is 5.75 Å². The van der Waals surface area contributed by atoms with Gasteiger partial charge in [-0.05, 0) is 6.07 Å². The van der Waals surface area contributed by atoms with E-state index in [1.165, 1.54) is 18.2 Å². The van der Waals surface area contributed by atoms with E-state index in [9.17, 15) is 24.0 Å². The number of aliphatic hydroxyl groups is 1. The summed E-state index contributed by atoms with van der Waals surface area (Å²) in [5.74, 6) is 0.324. The summed E-state index contributed by atoms with van der Waals surface area (Å²) < 4.78 is 30.0. The van der Waals surface area contributed by atoms with E-state index in [2.05, 4.69) is 0 Å². The number of piperazine rings is 1. The smallest absolute Gasteiger partial charge is 0.273 e. The highest BCUT2D eigenvalue weighted by Gasteiger charge is 2.21. The minimum atomic E-state index is -2.33. The highest BCUT2D eigenvalue weighted by molar-refractivity contribution is 5.37. The molecule has 1 aliphatic rings. The molecule has 9 heteroatoms. The summed E-state index contributed by atoms with van der Waals surface area (Å²) in [6.07, 6.45) is -3.09. The third-order valence-corrected chi connectivity index (χ3v) is 3.80. The summed E-state index contributed by atoms with van der Waals surface area (Å²) in [6, 6.07) is 5.77. The van der Waals surface area contributed by atoms with Gasteiger partial charge in [0, 0.05) is 38.8 Å². The maximum atomic E-state index is 12.3. The van der Waals surface area contributed by atoms with Gasteiger partial charge in [0.05, 0.1) is 17.5 Å². The summed E-state index contributed by atoms with van der Waals surface area (Å²) in [7, 11) is 0. The van der Waals surface area contributed by atoms with Crippen LogP contribution in [0.3, 0.4) is 0 Å². The van der Waals surface area contributed by atoms with Gasteiger partial charge < -0.3 is 9.84 Å². The van der Waals surface area contributed by atoms with Crippen LogP contribution in [-0.2, 0) is 0 Å². The van der Waals surface area contributed by atoms with Crippen molar-refractivity contribution in [3.63, 3.8) is 0 Å². The van der Waals surface area contributed by atoms with E-state index in [1.807, 2.05) is 4.90 Å². The van der Waals surface area contributed by atoms with E-state index < -0.39 is 17.5 Å². The monoisotopic (exact) mass is 345 g/mol. The number of hydrogen-bond acceptors (Lipinski definition) is 6. The lowest BCUT2D eigenvalue weighted by Gasteiger charge is -2.35. The van der Waals surface area contributed by atoms with Crippen molar-refractivity contribution < 1.29 is 23.5 Å². The second-order valence-electron chi connectivity index (χ2n) is 5.71. The molecule has 1 aliphatic heterocycles. The average molecular weight is 345 g/mol. The summed E-state index contributed by atoms with van der Waals surface area (Å²) >= 11 is 0. The SMILES string of the molecule is O=[N+]([O-])c1cccc(OCC(O)CN2CCN(CC(F)F)CC2)c1. The Morgan fingerprint density at radius 3 is 2.42 bits per heavy atom. The molecule has 0 spiro atoms. The van der Waals surface area contributed by atoms with Crippen LogP contribution in [0, 0.1) is 10.1 Å². The highest BCUT2D eigenvalue weighted by Crippen LogP contribution is 2.19. The van der Waals surface area contributed by atoms with Gasteiger partial charge in [0.25, 0.3) is 12.1 Å².